The average molecular weight is 236 g/mol. The molecule has 0 aliphatic heterocycles. The van der Waals surface area contributed by atoms with E-state index in [-0.39, 0.29) is 0 Å². The number of hydrogen-bond donors (Lipinski definition) is 1. The Morgan fingerprint density at radius 1 is 1.24 bits per heavy atom. The molecule has 4 heteroatoms. The van der Waals surface area contributed by atoms with Crippen LogP contribution in [0.15, 0.2) is 24.3 Å². The van der Waals surface area contributed by atoms with Crippen molar-refractivity contribution in [3.05, 3.63) is 29.8 Å². The minimum Gasteiger partial charge on any atom is -0.494 e. The molecule has 0 radical (unpaired) electrons. The molecule has 17 heavy (non-hydrogen) atoms. The van der Waals surface area contributed by atoms with Gasteiger partial charge in [-0.05, 0) is 45.0 Å². The Labute approximate surface area is 100 Å². The van der Waals surface area contributed by atoms with Gasteiger partial charge in [0.25, 0.3) is 0 Å². The molecule has 1 N–H and O–H groups in total. The van der Waals surface area contributed by atoms with E-state index in [1.165, 1.54) is 13.8 Å². The molecule has 0 heterocycles. The Morgan fingerprint density at radius 3 is 2.18 bits per heavy atom. The third-order valence-corrected chi connectivity index (χ3v) is 2.53. The smallest absolute Gasteiger partial charge is 0.316 e. The summed E-state index contributed by atoms with van der Waals surface area (Å²) >= 11 is 0. The lowest BCUT2D eigenvalue weighted by molar-refractivity contribution is -0.144. The topological polar surface area (TPSA) is 63.6 Å². The highest BCUT2D eigenvalue weighted by Crippen LogP contribution is 2.23. The summed E-state index contributed by atoms with van der Waals surface area (Å²) in [5.74, 6) is -0.874. The van der Waals surface area contributed by atoms with Gasteiger partial charge in [-0.25, -0.2) is 0 Å². The molecule has 0 fully saturated rings. The predicted molar refractivity (Wildman–Crippen MR) is 63.4 cm³/mol. The van der Waals surface area contributed by atoms with E-state index in [2.05, 4.69) is 0 Å². The van der Waals surface area contributed by atoms with Crippen molar-refractivity contribution < 1.29 is 19.4 Å². The van der Waals surface area contributed by atoms with Crippen LogP contribution in [0.3, 0.4) is 0 Å². The third kappa shape index (κ3) is 2.84. The maximum absolute atomic E-state index is 12.0. The monoisotopic (exact) mass is 236 g/mol. The molecule has 1 aromatic carbocycles. The van der Waals surface area contributed by atoms with Gasteiger partial charge in [-0.2, -0.15) is 0 Å². The van der Waals surface area contributed by atoms with Crippen LogP contribution < -0.4 is 4.74 Å². The number of ether oxygens (including phenoxy) is 1. The number of carbonyl (C=O) groups is 2. The number of carbonyl (C=O) groups excluding carboxylic acids is 1. The standard InChI is InChI=1S/C13H16O4/c1-4-17-10-7-5-9(6-8-10)11(14)13(2,3)12(15)16/h5-8H,4H2,1-3H3,(H,15,16). The van der Waals surface area contributed by atoms with Gasteiger partial charge < -0.3 is 9.84 Å². The molecule has 0 amide bonds. The summed E-state index contributed by atoms with van der Waals surface area (Å²) < 4.78 is 5.25. The first-order valence-corrected chi connectivity index (χ1v) is 5.40. The van der Waals surface area contributed by atoms with E-state index < -0.39 is 17.2 Å². The molecular formula is C13H16O4. The minimum atomic E-state index is -1.41. The summed E-state index contributed by atoms with van der Waals surface area (Å²) in [5, 5.41) is 8.97. The summed E-state index contributed by atoms with van der Waals surface area (Å²) in [5.41, 5.74) is -1.03. The Balaban J connectivity index is 2.94. The van der Waals surface area contributed by atoms with Gasteiger partial charge in [0.1, 0.15) is 11.2 Å². The molecule has 0 spiro atoms. The van der Waals surface area contributed by atoms with Crippen LogP contribution in [0.25, 0.3) is 0 Å². The van der Waals surface area contributed by atoms with Gasteiger partial charge in [0.15, 0.2) is 5.78 Å². The molecule has 0 aromatic heterocycles. The lowest BCUT2D eigenvalue weighted by atomic mass is 9.84. The van der Waals surface area contributed by atoms with E-state index in [1.807, 2.05) is 6.92 Å². The van der Waals surface area contributed by atoms with E-state index in [0.29, 0.717) is 17.9 Å². The molecule has 0 saturated carbocycles. The van der Waals surface area contributed by atoms with Gasteiger partial charge in [-0.1, -0.05) is 0 Å². The molecule has 0 bridgehead atoms. The molecule has 0 atom stereocenters. The van der Waals surface area contributed by atoms with Crippen molar-refractivity contribution in [2.45, 2.75) is 20.8 Å². The second kappa shape index (κ2) is 4.99. The van der Waals surface area contributed by atoms with Crippen LogP contribution >= 0.6 is 0 Å². The van der Waals surface area contributed by atoms with Crippen molar-refractivity contribution in [3.8, 4) is 5.75 Å². The van der Waals surface area contributed by atoms with Crippen molar-refractivity contribution >= 4 is 11.8 Å². The van der Waals surface area contributed by atoms with Crippen LogP contribution in [0.2, 0.25) is 0 Å². The average Bonchev–Trinajstić information content (AvgIpc) is 2.29. The first-order valence-electron chi connectivity index (χ1n) is 5.40. The molecule has 1 rings (SSSR count). The fraction of sp³-hybridized carbons (Fsp3) is 0.385. The van der Waals surface area contributed by atoms with Crippen LogP contribution in [-0.4, -0.2) is 23.5 Å². The first-order chi connectivity index (χ1) is 7.89. The highest BCUT2D eigenvalue weighted by molar-refractivity contribution is 6.11. The predicted octanol–water partition coefficient (Wildman–Crippen LogP) is 2.38. The van der Waals surface area contributed by atoms with E-state index >= 15 is 0 Å². The minimum absolute atomic E-state index is 0.376. The fourth-order valence-corrected chi connectivity index (χ4v) is 1.33. The molecule has 4 nitrogen and oxygen atoms in total. The number of rotatable bonds is 5. The highest BCUT2D eigenvalue weighted by atomic mass is 16.5. The Bertz CT molecular complexity index is 418. The molecule has 0 aliphatic rings. The van der Waals surface area contributed by atoms with E-state index in [9.17, 15) is 9.59 Å². The van der Waals surface area contributed by atoms with Gasteiger partial charge >= 0.3 is 5.97 Å². The number of carboxylic acid groups (broad SMARTS) is 1. The largest absolute Gasteiger partial charge is 0.494 e. The van der Waals surface area contributed by atoms with Crippen molar-refractivity contribution in [1.29, 1.82) is 0 Å². The van der Waals surface area contributed by atoms with Gasteiger partial charge in [0.05, 0.1) is 6.61 Å². The van der Waals surface area contributed by atoms with Gasteiger partial charge in [-0.15, -0.1) is 0 Å². The zero-order valence-corrected chi connectivity index (χ0v) is 10.2. The van der Waals surface area contributed by atoms with Crippen LogP contribution in [0.4, 0.5) is 0 Å². The molecule has 92 valence electrons. The van der Waals surface area contributed by atoms with E-state index in [0.717, 1.165) is 0 Å². The number of carboxylic acids is 1. The number of benzene rings is 1. The van der Waals surface area contributed by atoms with Crippen molar-refractivity contribution in [3.63, 3.8) is 0 Å². The lowest BCUT2D eigenvalue weighted by Crippen LogP contribution is -2.33. The fourth-order valence-electron chi connectivity index (χ4n) is 1.33. The summed E-state index contributed by atoms with van der Waals surface area (Å²) in [4.78, 5) is 22.9. The van der Waals surface area contributed by atoms with Crippen LogP contribution in [-0.2, 0) is 4.79 Å². The zero-order valence-electron chi connectivity index (χ0n) is 10.2. The lowest BCUT2D eigenvalue weighted by Gasteiger charge is -2.17. The normalized spacial score (nSPS) is 11.0. The third-order valence-electron chi connectivity index (χ3n) is 2.53. The summed E-state index contributed by atoms with van der Waals surface area (Å²) in [6.45, 7) is 5.21. The van der Waals surface area contributed by atoms with E-state index in [4.69, 9.17) is 9.84 Å². The van der Waals surface area contributed by atoms with Gasteiger partial charge in [0.2, 0.25) is 0 Å². The molecular weight excluding hydrogens is 220 g/mol. The summed E-state index contributed by atoms with van der Waals surface area (Å²) in [6.07, 6.45) is 0. The second-order valence-corrected chi connectivity index (χ2v) is 4.22. The maximum Gasteiger partial charge on any atom is 0.316 e. The number of Topliss-reactive ketones (excluding diaryl/α,β-unsaturated/α-hetero) is 1. The van der Waals surface area contributed by atoms with Crippen molar-refractivity contribution in [2.24, 2.45) is 5.41 Å². The van der Waals surface area contributed by atoms with Crippen LogP contribution in [0, 0.1) is 5.41 Å². The molecule has 1 aromatic rings. The Hall–Kier alpha value is -1.84. The van der Waals surface area contributed by atoms with Crippen molar-refractivity contribution in [1.82, 2.24) is 0 Å². The van der Waals surface area contributed by atoms with Crippen LogP contribution in [0.1, 0.15) is 31.1 Å². The molecule has 0 unspecified atom stereocenters. The Kier molecular flexibility index (Phi) is 3.89. The van der Waals surface area contributed by atoms with E-state index in [1.54, 1.807) is 24.3 Å². The number of hydrogen-bond acceptors (Lipinski definition) is 3. The molecule has 0 aliphatic carbocycles. The SMILES string of the molecule is CCOc1ccc(C(=O)C(C)(C)C(=O)O)cc1. The van der Waals surface area contributed by atoms with Gasteiger partial charge in [-0.3, -0.25) is 9.59 Å². The summed E-state index contributed by atoms with van der Waals surface area (Å²) in [6, 6.07) is 6.49. The zero-order chi connectivity index (χ0) is 13.1. The number of aliphatic carboxylic acids is 1. The summed E-state index contributed by atoms with van der Waals surface area (Å²) in [7, 11) is 0. The van der Waals surface area contributed by atoms with Crippen LogP contribution in [0.5, 0.6) is 5.75 Å². The second-order valence-electron chi connectivity index (χ2n) is 4.22. The quantitative estimate of drug-likeness (QED) is 0.629. The Morgan fingerprint density at radius 2 is 1.76 bits per heavy atom. The van der Waals surface area contributed by atoms with Crippen molar-refractivity contribution in [2.75, 3.05) is 6.61 Å². The molecule has 0 saturated heterocycles. The first kappa shape index (κ1) is 13.2. The maximum atomic E-state index is 12.0. The number of ketones is 1. The highest BCUT2D eigenvalue weighted by Gasteiger charge is 2.36. The van der Waals surface area contributed by atoms with Gasteiger partial charge in [0, 0.05) is 5.56 Å².